The van der Waals surface area contributed by atoms with Gasteiger partial charge in [0.15, 0.2) is 0 Å². The summed E-state index contributed by atoms with van der Waals surface area (Å²) < 4.78 is 0. The van der Waals surface area contributed by atoms with Crippen molar-refractivity contribution in [1.29, 1.82) is 0 Å². The van der Waals surface area contributed by atoms with E-state index in [9.17, 15) is 0 Å². The summed E-state index contributed by atoms with van der Waals surface area (Å²) >= 11 is 0. The molecule has 0 saturated carbocycles. The van der Waals surface area contributed by atoms with Gasteiger partial charge >= 0.3 is 19.5 Å². The molecular formula is C3H4N4O6Zn. The van der Waals surface area contributed by atoms with Gasteiger partial charge in [-0.15, -0.1) is 0 Å². The van der Waals surface area contributed by atoms with E-state index < -0.39 is 10.2 Å². The SMILES string of the molecule is O=[N+]([O-])[O-].O=[N+]([O-])[O-].[Zn+2].c1c[nH]cn1. The summed E-state index contributed by atoms with van der Waals surface area (Å²) in [7, 11) is 0. The Morgan fingerprint density at radius 2 is 1.43 bits per heavy atom. The van der Waals surface area contributed by atoms with E-state index in [1.54, 1.807) is 18.7 Å². The molecule has 0 aliphatic carbocycles. The smallest absolute Gasteiger partial charge is 0.356 e. The van der Waals surface area contributed by atoms with E-state index in [1.165, 1.54) is 0 Å². The van der Waals surface area contributed by atoms with Crippen LogP contribution >= 0.6 is 0 Å². The van der Waals surface area contributed by atoms with Crippen molar-refractivity contribution < 1.29 is 29.7 Å². The van der Waals surface area contributed by atoms with Gasteiger partial charge in [-0.05, 0) is 0 Å². The van der Waals surface area contributed by atoms with E-state index in [0.29, 0.717) is 0 Å². The van der Waals surface area contributed by atoms with Crippen LogP contribution in [-0.2, 0) is 19.5 Å². The van der Waals surface area contributed by atoms with Gasteiger partial charge in [0, 0.05) is 12.4 Å². The minimum atomic E-state index is -1.75. The van der Waals surface area contributed by atoms with Crippen LogP contribution in [-0.4, -0.2) is 20.1 Å². The third-order valence-corrected chi connectivity index (χ3v) is 0.406. The minimum absolute atomic E-state index is 0. The Balaban J connectivity index is -0.000000127. The van der Waals surface area contributed by atoms with Crippen molar-refractivity contribution in [3.05, 3.63) is 49.4 Å². The summed E-state index contributed by atoms with van der Waals surface area (Å²) in [5.74, 6) is 0. The van der Waals surface area contributed by atoms with E-state index in [4.69, 9.17) is 30.6 Å². The van der Waals surface area contributed by atoms with E-state index in [-0.39, 0.29) is 19.5 Å². The molecule has 0 aliphatic rings. The third-order valence-electron chi connectivity index (χ3n) is 0.406. The molecule has 0 atom stereocenters. The van der Waals surface area contributed by atoms with Gasteiger partial charge in [-0.1, -0.05) is 0 Å². The van der Waals surface area contributed by atoms with Crippen LogP contribution in [0.3, 0.4) is 0 Å². The van der Waals surface area contributed by atoms with Gasteiger partial charge in [0.25, 0.3) is 0 Å². The molecule has 74 valence electrons. The molecule has 11 heteroatoms. The Morgan fingerprint density at radius 3 is 1.50 bits per heavy atom. The summed E-state index contributed by atoms with van der Waals surface area (Å²) in [5, 5.41) is 29.5. The van der Waals surface area contributed by atoms with Crippen LogP contribution in [0.4, 0.5) is 0 Å². The van der Waals surface area contributed by atoms with Crippen molar-refractivity contribution in [2.24, 2.45) is 0 Å². The first-order chi connectivity index (χ1) is 5.96. The number of rotatable bonds is 0. The average molecular weight is 257 g/mol. The van der Waals surface area contributed by atoms with Crippen molar-refractivity contribution in [3.8, 4) is 0 Å². The van der Waals surface area contributed by atoms with Crippen LogP contribution in [0.5, 0.6) is 0 Å². The number of aromatic amines is 1. The number of hydrogen-bond acceptors (Lipinski definition) is 7. The molecule has 1 N–H and O–H groups in total. The molecule has 1 aromatic heterocycles. The fourth-order valence-electron chi connectivity index (χ4n) is 0.215. The van der Waals surface area contributed by atoms with E-state index in [0.717, 1.165) is 0 Å². The second-order valence-electron chi connectivity index (χ2n) is 1.21. The molecule has 0 spiro atoms. The minimum Gasteiger partial charge on any atom is -0.356 e. The monoisotopic (exact) mass is 256 g/mol. The first-order valence-electron chi connectivity index (χ1n) is 2.52. The molecule has 0 aliphatic heterocycles. The second kappa shape index (κ2) is 13.8. The Kier molecular flexibility index (Phi) is 17.8. The topological polar surface area (TPSA) is 161 Å². The van der Waals surface area contributed by atoms with Gasteiger partial charge < -0.3 is 35.6 Å². The van der Waals surface area contributed by atoms with Crippen LogP contribution in [0.2, 0.25) is 0 Å². The maximum Gasteiger partial charge on any atom is 2.00 e. The van der Waals surface area contributed by atoms with Crippen LogP contribution in [0.25, 0.3) is 0 Å². The predicted octanol–water partition coefficient (Wildman–Crippen LogP) is -0.0710. The number of nitrogens with one attached hydrogen (secondary N) is 1. The summed E-state index contributed by atoms with van der Waals surface area (Å²) in [6.07, 6.45) is 5.08. The van der Waals surface area contributed by atoms with E-state index >= 15 is 0 Å². The zero-order valence-electron chi connectivity index (χ0n) is 6.73. The normalized spacial score (nSPS) is 6.29. The number of nitrogens with zero attached hydrogens (tertiary/aromatic N) is 3. The number of aromatic nitrogens is 2. The predicted molar refractivity (Wildman–Crippen MR) is 39.3 cm³/mol. The fraction of sp³-hybridized carbons (Fsp3) is 0. The summed E-state index contributed by atoms with van der Waals surface area (Å²) in [6, 6.07) is 0. The zero-order valence-corrected chi connectivity index (χ0v) is 9.70. The zero-order chi connectivity index (χ0) is 10.7. The van der Waals surface area contributed by atoms with E-state index in [1.807, 2.05) is 0 Å². The van der Waals surface area contributed by atoms with Crippen molar-refractivity contribution in [3.63, 3.8) is 0 Å². The molecule has 1 heterocycles. The largest absolute Gasteiger partial charge is 2.00 e. The molecule has 1 aromatic rings. The molecular weight excluding hydrogens is 253 g/mol. The number of hydrogen-bond donors (Lipinski definition) is 1. The molecule has 0 aromatic carbocycles. The molecule has 0 radical (unpaired) electrons. The van der Waals surface area contributed by atoms with E-state index in [2.05, 4.69) is 9.97 Å². The maximum atomic E-state index is 8.25. The van der Waals surface area contributed by atoms with Gasteiger partial charge in [0.05, 0.1) is 16.5 Å². The van der Waals surface area contributed by atoms with Crippen molar-refractivity contribution in [2.75, 3.05) is 0 Å². The van der Waals surface area contributed by atoms with Crippen LogP contribution in [0.1, 0.15) is 0 Å². The molecule has 0 unspecified atom stereocenters. The summed E-state index contributed by atoms with van der Waals surface area (Å²) in [4.78, 5) is 22.9. The van der Waals surface area contributed by atoms with Crippen molar-refractivity contribution in [1.82, 2.24) is 9.97 Å². The van der Waals surface area contributed by atoms with Gasteiger partial charge in [-0.25, -0.2) is 4.98 Å². The molecule has 0 amide bonds. The van der Waals surface area contributed by atoms with Gasteiger partial charge in [-0.3, -0.25) is 0 Å². The van der Waals surface area contributed by atoms with Crippen LogP contribution in [0.15, 0.2) is 18.7 Å². The van der Waals surface area contributed by atoms with Crippen molar-refractivity contribution in [2.45, 2.75) is 0 Å². The number of H-pyrrole nitrogens is 1. The Labute approximate surface area is 89.6 Å². The van der Waals surface area contributed by atoms with Crippen LogP contribution in [0, 0.1) is 30.6 Å². The second-order valence-corrected chi connectivity index (χ2v) is 1.21. The quantitative estimate of drug-likeness (QED) is 0.386. The Morgan fingerprint density at radius 1 is 1.07 bits per heavy atom. The van der Waals surface area contributed by atoms with Crippen LogP contribution < -0.4 is 0 Å². The molecule has 1 rings (SSSR count). The molecule has 0 bridgehead atoms. The fourth-order valence-corrected chi connectivity index (χ4v) is 0.215. The first kappa shape index (κ1) is 18.1. The Hall–Kier alpha value is -1.77. The number of imidazole rings is 1. The average Bonchev–Trinajstić information content (AvgIpc) is 2.35. The van der Waals surface area contributed by atoms with Crippen molar-refractivity contribution >= 4 is 0 Å². The maximum absolute atomic E-state index is 8.25. The summed E-state index contributed by atoms with van der Waals surface area (Å²) in [5.41, 5.74) is 0. The molecule has 14 heavy (non-hydrogen) atoms. The standard InChI is InChI=1S/C3H4N2.2NO3.Zn/c1-2-5-3-4-1;2*2-1(3)4;/h1-3H,(H,4,5);;;/q;2*-1;+2. The Bertz CT molecular complexity index is 190. The third kappa shape index (κ3) is 83.5. The van der Waals surface area contributed by atoms with Gasteiger partial charge in [0.2, 0.25) is 0 Å². The first-order valence-corrected chi connectivity index (χ1v) is 2.52. The molecule has 0 fully saturated rings. The molecule has 10 nitrogen and oxygen atoms in total. The summed E-state index contributed by atoms with van der Waals surface area (Å²) in [6.45, 7) is 0. The van der Waals surface area contributed by atoms with Gasteiger partial charge in [0.1, 0.15) is 0 Å². The van der Waals surface area contributed by atoms with Gasteiger partial charge in [-0.2, -0.15) is 0 Å². The molecule has 0 saturated heterocycles.